The van der Waals surface area contributed by atoms with Gasteiger partial charge in [-0.2, -0.15) is 0 Å². The van der Waals surface area contributed by atoms with Crippen molar-refractivity contribution in [2.45, 2.75) is 60.3 Å². The molecule has 5 heteroatoms. The first kappa shape index (κ1) is 21.4. The Hall–Kier alpha value is -1.65. The molecular weight excluding hydrogens is 292 g/mol. The predicted octanol–water partition coefficient (Wildman–Crippen LogP) is 3.00. The van der Waals surface area contributed by atoms with Gasteiger partial charge in [0.05, 0.1) is 0 Å². The van der Waals surface area contributed by atoms with Gasteiger partial charge < -0.3 is 4.90 Å². The van der Waals surface area contributed by atoms with Crippen LogP contribution in [0.25, 0.3) is 0 Å². The molecule has 0 bridgehead atoms. The van der Waals surface area contributed by atoms with Gasteiger partial charge >= 0.3 is 0 Å². The van der Waals surface area contributed by atoms with E-state index in [1.54, 1.807) is 0 Å². The van der Waals surface area contributed by atoms with Crippen molar-refractivity contribution in [3.8, 4) is 0 Å². The van der Waals surface area contributed by atoms with Crippen LogP contribution in [0.4, 0.5) is 0 Å². The first-order valence-corrected chi connectivity index (χ1v) is 8.39. The number of carbonyl (C=O) groups is 3. The highest BCUT2D eigenvalue weighted by Gasteiger charge is 2.23. The lowest BCUT2D eigenvalue weighted by Gasteiger charge is -2.16. The summed E-state index contributed by atoms with van der Waals surface area (Å²) in [6.07, 6.45) is 6.76. The van der Waals surface area contributed by atoms with Crippen LogP contribution < -0.4 is 0 Å². The van der Waals surface area contributed by atoms with Crippen LogP contribution in [-0.2, 0) is 14.4 Å². The number of hydrogen-bond donors (Lipinski definition) is 0. The summed E-state index contributed by atoms with van der Waals surface area (Å²) < 4.78 is 0. The molecule has 2 aliphatic heterocycles. The Labute approximate surface area is 140 Å². The van der Waals surface area contributed by atoms with E-state index in [4.69, 9.17) is 0 Å². The highest BCUT2D eigenvalue weighted by Crippen LogP contribution is 2.17. The molecule has 2 aliphatic rings. The number of amides is 3. The quantitative estimate of drug-likeness (QED) is 0.557. The van der Waals surface area contributed by atoms with Crippen LogP contribution in [0.5, 0.6) is 0 Å². The standard InChI is InChI=1S/C15H22N2O3.C2H6.CH4/c1-12-8-10-16(11-12)13(18)5-3-2-4-9-17-14(19)6-7-15(17)20;1-2;/h6-7,12H,2-5,8-11H2,1H3;1-2H3;1H4. The third kappa shape index (κ3) is 6.55. The van der Waals surface area contributed by atoms with Crippen molar-refractivity contribution in [1.82, 2.24) is 9.80 Å². The molecule has 1 unspecified atom stereocenters. The second-order valence-corrected chi connectivity index (χ2v) is 5.71. The monoisotopic (exact) mass is 324 g/mol. The van der Waals surface area contributed by atoms with Crippen molar-refractivity contribution in [2.24, 2.45) is 5.92 Å². The number of likely N-dealkylation sites (tertiary alicyclic amines) is 1. The Balaban J connectivity index is 0.00000155. The maximum Gasteiger partial charge on any atom is 0.253 e. The molecule has 0 aromatic carbocycles. The minimum Gasteiger partial charge on any atom is -0.342 e. The fourth-order valence-electron chi connectivity index (χ4n) is 2.69. The summed E-state index contributed by atoms with van der Waals surface area (Å²) in [7, 11) is 0. The number of hydrogen-bond acceptors (Lipinski definition) is 3. The van der Waals surface area contributed by atoms with Crippen molar-refractivity contribution in [1.29, 1.82) is 0 Å². The number of carbonyl (C=O) groups excluding carboxylic acids is 3. The first-order valence-electron chi connectivity index (χ1n) is 8.39. The van der Waals surface area contributed by atoms with Gasteiger partial charge in [0, 0.05) is 38.2 Å². The highest BCUT2D eigenvalue weighted by molar-refractivity contribution is 6.12. The van der Waals surface area contributed by atoms with Crippen molar-refractivity contribution in [2.75, 3.05) is 19.6 Å². The van der Waals surface area contributed by atoms with Crippen LogP contribution in [0.15, 0.2) is 12.2 Å². The second kappa shape index (κ2) is 11.0. The van der Waals surface area contributed by atoms with E-state index in [9.17, 15) is 14.4 Å². The molecule has 0 radical (unpaired) electrons. The summed E-state index contributed by atoms with van der Waals surface area (Å²) in [5.41, 5.74) is 0. The normalized spacial score (nSPS) is 19.5. The molecule has 0 spiro atoms. The number of nitrogens with zero attached hydrogens (tertiary/aromatic N) is 2. The van der Waals surface area contributed by atoms with Gasteiger partial charge in [0.15, 0.2) is 0 Å². The van der Waals surface area contributed by atoms with Crippen molar-refractivity contribution in [3.63, 3.8) is 0 Å². The highest BCUT2D eigenvalue weighted by atomic mass is 16.2. The molecule has 2 rings (SSSR count). The van der Waals surface area contributed by atoms with Gasteiger partial charge in [-0.05, 0) is 25.2 Å². The third-order valence-corrected chi connectivity index (χ3v) is 3.95. The van der Waals surface area contributed by atoms with E-state index in [0.29, 0.717) is 18.9 Å². The van der Waals surface area contributed by atoms with Crippen LogP contribution in [-0.4, -0.2) is 47.2 Å². The van der Waals surface area contributed by atoms with E-state index in [-0.39, 0.29) is 25.1 Å². The molecule has 5 nitrogen and oxygen atoms in total. The lowest BCUT2D eigenvalue weighted by Crippen LogP contribution is -2.31. The van der Waals surface area contributed by atoms with Crippen LogP contribution in [0.1, 0.15) is 60.3 Å². The molecule has 2 heterocycles. The average molecular weight is 324 g/mol. The van der Waals surface area contributed by atoms with Crippen LogP contribution in [0.2, 0.25) is 0 Å². The van der Waals surface area contributed by atoms with Gasteiger partial charge in [-0.1, -0.05) is 34.6 Å². The molecular formula is C18H32N2O3. The fourth-order valence-corrected chi connectivity index (χ4v) is 2.69. The molecule has 0 aliphatic carbocycles. The molecule has 132 valence electrons. The van der Waals surface area contributed by atoms with Gasteiger partial charge in [0.25, 0.3) is 11.8 Å². The molecule has 1 atom stereocenters. The Morgan fingerprint density at radius 1 is 1.13 bits per heavy atom. The van der Waals surface area contributed by atoms with Gasteiger partial charge in [-0.15, -0.1) is 0 Å². The zero-order valence-electron chi connectivity index (χ0n) is 14.0. The molecule has 0 saturated carbocycles. The summed E-state index contributed by atoms with van der Waals surface area (Å²) in [5.74, 6) is 0.414. The Morgan fingerprint density at radius 3 is 2.26 bits per heavy atom. The maximum atomic E-state index is 11.9. The lowest BCUT2D eigenvalue weighted by molar-refractivity contribution is -0.137. The van der Waals surface area contributed by atoms with E-state index in [0.717, 1.165) is 38.8 Å². The molecule has 0 N–H and O–H groups in total. The molecule has 3 amide bonds. The van der Waals surface area contributed by atoms with E-state index < -0.39 is 0 Å². The fraction of sp³-hybridized carbons (Fsp3) is 0.722. The SMILES string of the molecule is C.CC.CC1CCN(C(=O)CCCCCN2C(=O)C=CC2=O)C1. The third-order valence-electron chi connectivity index (χ3n) is 3.95. The van der Waals surface area contributed by atoms with E-state index in [2.05, 4.69) is 6.92 Å². The molecule has 23 heavy (non-hydrogen) atoms. The van der Waals surface area contributed by atoms with Gasteiger partial charge in [0.1, 0.15) is 0 Å². The predicted molar refractivity (Wildman–Crippen MR) is 92.8 cm³/mol. The zero-order chi connectivity index (χ0) is 16.5. The lowest BCUT2D eigenvalue weighted by atomic mass is 10.1. The van der Waals surface area contributed by atoms with Crippen LogP contribution in [0, 0.1) is 5.92 Å². The van der Waals surface area contributed by atoms with Crippen molar-refractivity contribution < 1.29 is 14.4 Å². The number of imide groups is 1. The Bertz CT molecular complexity index is 414. The number of rotatable bonds is 6. The molecule has 1 saturated heterocycles. The first-order chi connectivity index (χ1) is 10.6. The summed E-state index contributed by atoms with van der Waals surface area (Å²) in [6, 6.07) is 0. The molecule has 0 aromatic heterocycles. The van der Waals surface area contributed by atoms with E-state index in [1.807, 2.05) is 18.7 Å². The zero-order valence-corrected chi connectivity index (χ0v) is 14.0. The second-order valence-electron chi connectivity index (χ2n) is 5.71. The summed E-state index contributed by atoms with van der Waals surface area (Å²) in [5, 5.41) is 0. The van der Waals surface area contributed by atoms with E-state index in [1.165, 1.54) is 17.1 Å². The van der Waals surface area contributed by atoms with Gasteiger partial charge in [0.2, 0.25) is 5.91 Å². The molecule has 0 aromatic rings. The summed E-state index contributed by atoms with van der Waals surface area (Å²) >= 11 is 0. The maximum absolute atomic E-state index is 11.9. The van der Waals surface area contributed by atoms with Crippen LogP contribution >= 0.6 is 0 Å². The topological polar surface area (TPSA) is 57.7 Å². The van der Waals surface area contributed by atoms with Crippen molar-refractivity contribution in [3.05, 3.63) is 12.2 Å². The van der Waals surface area contributed by atoms with Crippen molar-refractivity contribution >= 4 is 17.7 Å². The summed E-state index contributed by atoms with van der Waals surface area (Å²) in [6.45, 7) is 8.41. The minimum absolute atomic E-state index is 0. The summed E-state index contributed by atoms with van der Waals surface area (Å²) in [4.78, 5) is 37.7. The molecule has 1 fully saturated rings. The Kier molecular flexibility index (Phi) is 10.2. The van der Waals surface area contributed by atoms with Crippen LogP contribution in [0.3, 0.4) is 0 Å². The largest absolute Gasteiger partial charge is 0.342 e. The van der Waals surface area contributed by atoms with E-state index >= 15 is 0 Å². The van der Waals surface area contributed by atoms with Gasteiger partial charge in [-0.25, -0.2) is 0 Å². The van der Waals surface area contributed by atoms with Gasteiger partial charge in [-0.3, -0.25) is 19.3 Å². The smallest absolute Gasteiger partial charge is 0.253 e. The minimum atomic E-state index is -0.225. The number of unbranched alkanes of at least 4 members (excludes halogenated alkanes) is 2. The Morgan fingerprint density at radius 2 is 1.74 bits per heavy atom. The average Bonchev–Trinajstić information content (AvgIpc) is 3.08.